The van der Waals surface area contributed by atoms with Crippen LogP contribution in [0.25, 0.3) is 11.0 Å². The van der Waals surface area contributed by atoms with Gasteiger partial charge in [-0.2, -0.15) is 0 Å². The summed E-state index contributed by atoms with van der Waals surface area (Å²) in [5.74, 6) is -0.656. The Morgan fingerprint density at radius 2 is 2.18 bits per heavy atom. The molecule has 1 amide bonds. The Morgan fingerprint density at radius 3 is 2.86 bits per heavy atom. The summed E-state index contributed by atoms with van der Waals surface area (Å²) in [4.78, 5) is 16.5. The van der Waals surface area contributed by atoms with E-state index in [4.69, 9.17) is 20.8 Å². The normalized spacial score (nSPS) is 12.0. The first-order valence-corrected chi connectivity index (χ1v) is 9.23. The van der Waals surface area contributed by atoms with E-state index in [9.17, 15) is 14.8 Å². The molecule has 2 aromatic heterocycles. The summed E-state index contributed by atoms with van der Waals surface area (Å²) in [7, 11) is -1.73. The number of amides is 1. The molecule has 2 heterocycles. The minimum absolute atomic E-state index is 0.00753. The second-order valence-electron chi connectivity index (χ2n) is 6.26. The number of rotatable bonds is 8. The van der Waals surface area contributed by atoms with Crippen LogP contribution < -0.4 is 10.1 Å². The maximum atomic E-state index is 12.3. The minimum atomic E-state index is -1.73. The quantitative estimate of drug-likeness (QED) is 0.499. The van der Waals surface area contributed by atoms with Crippen LogP contribution in [-0.4, -0.2) is 40.6 Å². The van der Waals surface area contributed by atoms with Crippen LogP contribution in [0.2, 0.25) is 5.02 Å². The Bertz CT molecular complexity index is 945. The van der Waals surface area contributed by atoms with Crippen LogP contribution >= 0.6 is 11.6 Å². The van der Waals surface area contributed by atoms with Crippen molar-refractivity contribution in [3.8, 4) is 5.75 Å². The van der Waals surface area contributed by atoms with Crippen LogP contribution in [0.1, 0.15) is 18.2 Å². The molecule has 3 rings (SSSR count). The fraction of sp³-hybridized carbons (Fsp3) is 0.263. The summed E-state index contributed by atoms with van der Waals surface area (Å²) < 4.78 is 10.8. The highest BCUT2D eigenvalue weighted by atomic mass is 35.5. The zero-order valence-corrected chi connectivity index (χ0v) is 16.0. The number of pyridine rings is 1. The lowest BCUT2D eigenvalue weighted by atomic mass is 9.76. The van der Waals surface area contributed by atoms with Crippen molar-refractivity contribution in [2.75, 3.05) is 6.61 Å². The van der Waals surface area contributed by atoms with Crippen molar-refractivity contribution >= 4 is 35.6 Å². The average Bonchev–Trinajstić information content (AvgIpc) is 3.07. The molecule has 3 N–H and O–H groups in total. The van der Waals surface area contributed by atoms with Gasteiger partial charge in [0, 0.05) is 11.1 Å². The second kappa shape index (κ2) is 9.10. The fourth-order valence-electron chi connectivity index (χ4n) is 2.89. The number of carbonyl (C=O) groups is 1. The van der Waals surface area contributed by atoms with Gasteiger partial charge in [0.05, 0.1) is 36.5 Å². The van der Waals surface area contributed by atoms with E-state index in [2.05, 4.69) is 10.3 Å². The minimum Gasteiger partial charge on any atom is -0.492 e. The molecule has 0 spiro atoms. The molecule has 1 atom stereocenters. The number of hydrogen-bond acceptors (Lipinski definition) is 6. The molecule has 0 aliphatic rings. The van der Waals surface area contributed by atoms with Crippen LogP contribution in [0.15, 0.2) is 47.2 Å². The topological polar surface area (TPSA) is 105 Å². The van der Waals surface area contributed by atoms with Crippen molar-refractivity contribution < 1.29 is 24.0 Å². The number of fused-ring (bicyclic) bond motifs is 1. The van der Waals surface area contributed by atoms with Crippen molar-refractivity contribution in [1.29, 1.82) is 0 Å². The highest BCUT2D eigenvalue weighted by Crippen LogP contribution is 2.28. The van der Waals surface area contributed by atoms with Crippen LogP contribution in [-0.2, 0) is 17.6 Å². The van der Waals surface area contributed by atoms with Gasteiger partial charge >= 0.3 is 7.12 Å². The van der Waals surface area contributed by atoms with Crippen molar-refractivity contribution in [2.24, 2.45) is 0 Å². The Kier molecular flexibility index (Phi) is 6.56. The number of halogens is 1. The van der Waals surface area contributed by atoms with Crippen LogP contribution in [0.4, 0.5) is 0 Å². The summed E-state index contributed by atoms with van der Waals surface area (Å²) in [6.45, 7) is 2.41. The van der Waals surface area contributed by atoms with Gasteiger partial charge in [-0.05, 0) is 37.1 Å². The third kappa shape index (κ3) is 4.84. The second-order valence-corrected chi connectivity index (χ2v) is 6.67. The van der Waals surface area contributed by atoms with Gasteiger partial charge in [0.1, 0.15) is 5.75 Å². The molecule has 0 bridgehead atoms. The Balaban J connectivity index is 1.66. The Labute approximate surface area is 167 Å². The molecule has 0 saturated carbocycles. The average molecular weight is 403 g/mol. The summed E-state index contributed by atoms with van der Waals surface area (Å²) >= 11 is 6.10. The molecule has 0 aliphatic carbocycles. The fourth-order valence-corrected chi connectivity index (χ4v) is 3.11. The third-order valence-electron chi connectivity index (χ3n) is 4.23. The van der Waals surface area contributed by atoms with E-state index in [1.807, 2.05) is 13.0 Å². The van der Waals surface area contributed by atoms with E-state index < -0.39 is 13.1 Å². The molecule has 0 fully saturated rings. The third-order valence-corrected chi connectivity index (χ3v) is 4.53. The van der Waals surface area contributed by atoms with Gasteiger partial charge in [-0.1, -0.05) is 23.7 Å². The molecule has 0 saturated heterocycles. The lowest BCUT2D eigenvalue weighted by Crippen LogP contribution is -2.48. The van der Waals surface area contributed by atoms with E-state index >= 15 is 0 Å². The monoisotopic (exact) mass is 402 g/mol. The van der Waals surface area contributed by atoms with Crippen molar-refractivity contribution in [3.05, 3.63) is 59.1 Å². The predicted octanol–water partition coefficient (Wildman–Crippen LogP) is 2.16. The van der Waals surface area contributed by atoms with Crippen LogP contribution in [0, 0.1) is 0 Å². The first-order valence-electron chi connectivity index (χ1n) is 8.85. The van der Waals surface area contributed by atoms with E-state index in [1.54, 1.807) is 30.5 Å². The molecule has 3 aromatic rings. The standard InChI is InChI=1S/C19H20BClN2O5/c1-2-27-14-7-6-13(22-10-14)9-18(24)23-17(20(25)26)8-12-11-28-19-15(12)4-3-5-16(19)21/h3-7,10-11,17,25-26H,2,8-9H2,1H3,(H,23,24)/t17-/m0/s1. The summed E-state index contributed by atoms with van der Waals surface area (Å²) in [5, 5.41) is 23.3. The number of carbonyl (C=O) groups excluding carboxylic acids is 1. The number of furan rings is 1. The van der Waals surface area contributed by atoms with Crippen LogP contribution in [0.3, 0.4) is 0 Å². The molecule has 0 unspecified atom stereocenters. The molecule has 146 valence electrons. The molecule has 0 aliphatic heterocycles. The van der Waals surface area contributed by atoms with Crippen LogP contribution in [0.5, 0.6) is 5.75 Å². The van der Waals surface area contributed by atoms with Crippen molar-refractivity contribution in [2.45, 2.75) is 25.7 Å². The Morgan fingerprint density at radius 1 is 1.36 bits per heavy atom. The first kappa shape index (κ1) is 20.2. The lowest BCUT2D eigenvalue weighted by molar-refractivity contribution is -0.120. The maximum Gasteiger partial charge on any atom is 0.475 e. The van der Waals surface area contributed by atoms with Gasteiger partial charge < -0.3 is 24.5 Å². The largest absolute Gasteiger partial charge is 0.492 e. The molecular formula is C19H20BClN2O5. The van der Waals surface area contributed by atoms with E-state index in [-0.39, 0.29) is 18.7 Å². The summed E-state index contributed by atoms with van der Waals surface area (Å²) in [6, 6.07) is 8.75. The smallest absolute Gasteiger partial charge is 0.475 e. The predicted molar refractivity (Wildman–Crippen MR) is 106 cm³/mol. The molecule has 0 radical (unpaired) electrons. The van der Waals surface area contributed by atoms with Gasteiger partial charge in [-0.25, -0.2) is 0 Å². The van der Waals surface area contributed by atoms with Gasteiger partial charge in [0.25, 0.3) is 0 Å². The first-order chi connectivity index (χ1) is 13.5. The number of hydrogen-bond donors (Lipinski definition) is 3. The van der Waals surface area contributed by atoms with Gasteiger partial charge in [0.2, 0.25) is 5.91 Å². The molecule has 9 heteroatoms. The van der Waals surface area contributed by atoms with E-state index in [0.29, 0.717) is 28.7 Å². The summed E-state index contributed by atoms with van der Waals surface area (Å²) in [6.07, 6.45) is 3.24. The molecule has 28 heavy (non-hydrogen) atoms. The molecule has 7 nitrogen and oxygen atoms in total. The number of aromatic nitrogens is 1. The van der Waals surface area contributed by atoms with Gasteiger partial charge in [0.15, 0.2) is 5.58 Å². The SMILES string of the molecule is CCOc1ccc(CC(=O)N[C@@H](Cc2coc3c(Cl)cccc23)B(O)O)nc1. The number of nitrogens with one attached hydrogen (secondary N) is 1. The van der Waals surface area contributed by atoms with Gasteiger partial charge in [-0.15, -0.1) is 0 Å². The van der Waals surface area contributed by atoms with E-state index in [0.717, 1.165) is 10.9 Å². The molecular weight excluding hydrogens is 382 g/mol. The van der Waals surface area contributed by atoms with E-state index in [1.165, 1.54) is 6.26 Å². The zero-order chi connectivity index (χ0) is 20.1. The zero-order valence-electron chi connectivity index (χ0n) is 15.3. The van der Waals surface area contributed by atoms with Crippen molar-refractivity contribution in [1.82, 2.24) is 10.3 Å². The van der Waals surface area contributed by atoms with Crippen molar-refractivity contribution in [3.63, 3.8) is 0 Å². The number of ether oxygens (including phenoxy) is 1. The lowest BCUT2D eigenvalue weighted by Gasteiger charge is -2.17. The number of para-hydroxylation sites is 1. The van der Waals surface area contributed by atoms with Gasteiger partial charge in [-0.3, -0.25) is 9.78 Å². The molecule has 1 aromatic carbocycles. The Hall–Kier alpha value is -2.55. The summed E-state index contributed by atoms with van der Waals surface area (Å²) in [5.41, 5.74) is 1.79. The highest BCUT2D eigenvalue weighted by Gasteiger charge is 2.27. The number of benzene rings is 1. The maximum absolute atomic E-state index is 12.3. The number of nitrogens with zero attached hydrogens (tertiary/aromatic N) is 1. The highest BCUT2D eigenvalue weighted by molar-refractivity contribution is 6.43.